The molecule has 51 heavy (non-hydrogen) atoms. The van der Waals surface area contributed by atoms with Crippen molar-refractivity contribution in [3.8, 4) is 0 Å². The molecule has 2 unspecified atom stereocenters. The third-order valence-electron chi connectivity index (χ3n) is 7.22. The van der Waals surface area contributed by atoms with Gasteiger partial charge in [0.15, 0.2) is 0 Å². The molecule has 25 heteroatoms. The molecule has 2 aliphatic heterocycles. The van der Waals surface area contributed by atoms with Crippen LogP contribution < -0.4 is 10.2 Å². The Bertz CT molecular complexity index is 1510. The number of carbonyl (C=O) groups excluding carboxylic acids is 2. The van der Waals surface area contributed by atoms with Crippen molar-refractivity contribution in [3.05, 3.63) is 48.3 Å². The van der Waals surface area contributed by atoms with Crippen LogP contribution in [0.4, 0.5) is 30.4 Å². The summed E-state index contributed by atoms with van der Waals surface area (Å²) in [5.41, 5.74) is -3.48. The van der Waals surface area contributed by atoms with E-state index < -0.39 is 45.5 Å². The molecule has 2 atom stereocenters. The number of ether oxygens (including phenoxy) is 2. The van der Waals surface area contributed by atoms with Crippen LogP contribution in [0, 0.1) is 20.2 Å². The standard InChI is InChI=1S/C13H14ClF3N4O4.C9H17NO2.C4HCl2N3O2.2HI.V/c1-2-25-10(22)12(7-13(15,16)17)4-3-5-20(12)9-8(21(23)24)6-18-11(14)19-9;1-3-9(6-5-7-10-9)8(11)12-4-2;5-3-2(9(10)11)1-7-4(6)8-3;;;/h6H,2-5,7H2,1H3;10H,3-7H2,1-2H3;1H;2*1H;/q;;;;;+2/p-2. The average Bonchev–Trinajstić information content (AvgIpc) is 3.70. The molecule has 2 fully saturated rings. The van der Waals surface area contributed by atoms with Gasteiger partial charge >= 0.3 is 78.9 Å². The Labute approximate surface area is 334 Å². The predicted octanol–water partition coefficient (Wildman–Crippen LogP) is 7.43. The number of hydrogen-bond acceptors (Lipinski definition) is 14. The summed E-state index contributed by atoms with van der Waals surface area (Å²) < 4.78 is 49.3. The summed E-state index contributed by atoms with van der Waals surface area (Å²) in [5.74, 6) is -1.61. The zero-order chi connectivity index (χ0) is 39.0. The number of nitrogens with zero attached hydrogens (tertiary/aromatic N) is 7. The van der Waals surface area contributed by atoms with E-state index >= 15 is 0 Å². The van der Waals surface area contributed by atoms with Gasteiger partial charge in [0.2, 0.25) is 21.5 Å². The second kappa shape index (κ2) is 22.6. The molecule has 0 bridgehead atoms. The van der Waals surface area contributed by atoms with Gasteiger partial charge in [-0.15, -0.1) is 0 Å². The molecule has 2 aromatic heterocycles. The Morgan fingerprint density at radius 1 is 0.961 bits per heavy atom. The Morgan fingerprint density at radius 2 is 1.49 bits per heavy atom. The van der Waals surface area contributed by atoms with Gasteiger partial charge in [0.25, 0.3) is 0 Å². The Balaban J connectivity index is 0.000000414. The summed E-state index contributed by atoms with van der Waals surface area (Å²) in [6.45, 7) is 6.57. The monoisotopic (exact) mass is 1050 g/mol. The number of aromatic nitrogens is 4. The Hall–Kier alpha value is -1.64. The minimum atomic E-state index is -4.69. The predicted molar refractivity (Wildman–Crippen MR) is 194 cm³/mol. The molecule has 16 nitrogen and oxygen atoms in total. The number of halogens is 8. The van der Waals surface area contributed by atoms with Crippen LogP contribution >= 0.6 is 74.8 Å². The summed E-state index contributed by atoms with van der Waals surface area (Å²) in [6, 6.07) is 0. The first-order chi connectivity index (χ1) is 23.9. The van der Waals surface area contributed by atoms with Crippen molar-refractivity contribution in [2.24, 2.45) is 0 Å². The quantitative estimate of drug-likeness (QED) is 0.0648. The van der Waals surface area contributed by atoms with Crippen molar-refractivity contribution in [3.63, 3.8) is 0 Å². The average molecular weight is 1050 g/mol. The molecule has 285 valence electrons. The molecule has 1 N–H and O–H groups in total. The topological polar surface area (TPSA) is 206 Å². The van der Waals surface area contributed by atoms with E-state index in [4.69, 9.17) is 44.3 Å². The zero-order valence-electron chi connectivity index (χ0n) is 27.1. The third-order valence-corrected chi connectivity index (χ3v) is 7.86. The summed E-state index contributed by atoms with van der Waals surface area (Å²) in [7, 11) is 0.628. The van der Waals surface area contributed by atoms with Crippen LogP contribution in [0.25, 0.3) is 0 Å². The van der Waals surface area contributed by atoms with Gasteiger partial charge in [-0.25, -0.2) is 14.8 Å². The molecule has 4 heterocycles. The van der Waals surface area contributed by atoms with Crippen LogP contribution in [0.3, 0.4) is 0 Å². The molecule has 0 aromatic carbocycles. The van der Waals surface area contributed by atoms with E-state index in [2.05, 4.69) is 65.2 Å². The number of anilines is 1. The number of hydrogen-bond donors (Lipinski definition) is 1. The maximum absolute atomic E-state index is 13.2. The van der Waals surface area contributed by atoms with Crippen LogP contribution in [0.2, 0.25) is 15.7 Å². The van der Waals surface area contributed by atoms with Crippen LogP contribution in [-0.2, 0) is 28.5 Å². The van der Waals surface area contributed by atoms with Gasteiger partial charge in [-0.2, -0.15) is 23.1 Å². The van der Waals surface area contributed by atoms with E-state index in [-0.39, 0.29) is 58.9 Å². The first-order valence-electron chi connectivity index (χ1n) is 14.7. The van der Waals surface area contributed by atoms with Crippen LogP contribution in [0.15, 0.2) is 12.4 Å². The van der Waals surface area contributed by atoms with E-state index in [1.54, 1.807) is 0 Å². The Morgan fingerprint density at radius 3 is 1.94 bits per heavy atom. The molecule has 2 aromatic rings. The first kappa shape index (κ1) is 47.4. The number of carbonyl (C=O) groups is 2. The summed E-state index contributed by atoms with van der Waals surface area (Å²) in [6.07, 6.45) is -1.61. The van der Waals surface area contributed by atoms with Crippen molar-refractivity contribution in [1.29, 1.82) is 0 Å². The molecule has 0 aliphatic carbocycles. The van der Waals surface area contributed by atoms with Gasteiger partial charge in [0.05, 0.1) is 29.5 Å². The van der Waals surface area contributed by atoms with E-state index in [0.717, 1.165) is 43.1 Å². The number of alkyl halides is 3. The fraction of sp³-hybridized carbons (Fsp3) is 0.615. The van der Waals surface area contributed by atoms with Crippen molar-refractivity contribution in [1.82, 2.24) is 25.3 Å². The number of rotatable bonds is 9. The molecule has 0 saturated carbocycles. The van der Waals surface area contributed by atoms with Crippen molar-refractivity contribution < 1.29 is 51.5 Å². The molecule has 2 aliphatic rings. The maximum atomic E-state index is 13.2. The summed E-state index contributed by atoms with van der Waals surface area (Å²) in [5, 5.41) is 23.8. The van der Waals surface area contributed by atoms with E-state index in [1.807, 2.05) is 13.8 Å². The zero-order valence-corrected chi connectivity index (χ0v) is 35.1. The van der Waals surface area contributed by atoms with Gasteiger partial charge in [-0.05, 0) is 75.7 Å². The Kier molecular flexibility index (Phi) is 21.0. The molecular weight excluding hydrogens is 1020 g/mol. The molecular formula is C26H32Cl3F3I2N8O8V. The van der Waals surface area contributed by atoms with Crippen molar-refractivity contribution in [2.75, 3.05) is 31.2 Å². The number of nitro groups is 2. The summed E-state index contributed by atoms with van der Waals surface area (Å²) in [4.78, 5) is 58.6. The van der Waals surface area contributed by atoms with Crippen molar-refractivity contribution >= 4 is 104 Å². The second-order valence-corrected chi connectivity index (χ2v) is 23.1. The van der Waals surface area contributed by atoms with Gasteiger partial charge in [-0.1, -0.05) is 18.5 Å². The molecule has 2 saturated heterocycles. The van der Waals surface area contributed by atoms with Crippen LogP contribution in [0.5, 0.6) is 0 Å². The molecule has 0 spiro atoms. The van der Waals surface area contributed by atoms with Crippen molar-refractivity contribution in [2.45, 2.75) is 76.6 Å². The van der Waals surface area contributed by atoms with E-state index in [0.29, 0.717) is 16.1 Å². The minimum absolute atomic E-state index is 0.0386. The molecule has 0 radical (unpaired) electrons. The van der Waals surface area contributed by atoms with Gasteiger partial charge in [0.1, 0.15) is 23.5 Å². The molecule has 0 amide bonds. The van der Waals surface area contributed by atoms with E-state index in [1.165, 1.54) is 6.92 Å². The van der Waals surface area contributed by atoms with E-state index in [9.17, 15) is 43.0 Å². The first-order valence-corrected chi connectivity index (χ1v) is 24.9. The van der Waals surface area contributed by atoms with Gasteiger partial charge in [0, 0.05) is 6.54 Å². The normalized spacial score (nSPS) is 19.2. The van der Waals surface area contributed by atoms with Crippen LogP contribution in [-0.4, -0.2) is 85.3 Å². The fourth-order valence-corrected chi connectivity index (χ4v) is 5.58. The fourth-order valence-electron chi connectivity index (χ4n) is 5.08. The second-order valence-electron chi connectivity index (χ2n) is 10.2. The van der Waals surface area contributed by atoms with Gasteiger partial charge in [-0.3, -0.25) is 25.0 Å². The third kappa shape index (κ3) is 14.3. The number of nitrogens with one attached hydrogen (secondary N) is 1. The van der Waals surface area contributed by atoms with Crippen LogP contribution in [0.1, 0.15) is 59.3 Å². The summed E-state index contributed by atoms with van der Waals surface area (Å²) >= 11 is 21.0. The molecule has 4 rings (SSSR count). The van der Waals surface area contributed by atoms with Gasteiger partial charge < -0.3 is 19.7 Å². The SMILES string of the molecule is CCOC(=O)C1(CC(F)(F)F)CCCN1c1nc(Cl)ncc1[N+](=O)[O-].CCOC(=O)C1(CC)CCCN1.O=[N+]([O-])c1cnc(Cl)nc1Cl.[I][V][I]. The number of esters is 2.